The van der Waals surface area contributed by atoms with Gasteiger partial charge in [0, 0.05) is 0 Å². The van der Waals surface area contributed by atoms with Crippen molar-refractivity contribution in [1.29, 1.82) is 0 Å². The van der Waals surface area contributed by atoms with Crippen LogP contribution in [0.1, 0.15) is 13.8 Å². The molecule has 0 unspecified atom stereocenters. The van der Waals surface area contributed by atoms with Crippen LogP contribution in [0.2, 0.25) is 0 Å². The van der Waals surface area contributed by atoms with Gasteiger partial charge in [-0.05, 0) is 41.9 Å². The largest absolute Gasteiger partial charge is 0.463 e. The Morgan fingerprint density at radius 2 is 2.12 bits per heavy atom. The van der Waals surface area contributed by atoms with E-state index in [1.54, 1.807) is 19.9 Å². The third-order valence-corrected chi connectivity index (χ3v) is 2.45. The van der Waals surface area contributed by atoms with Gasteiger partial charge in [0.2, 0.25) is 0 Å². The molecule has 1 rings (SSSR count). The molecule has 0 aliphatic rings. The fourth-order valence-corrected chi connectivity index (χ4v) is 1.36. The zero-order valence-electron chi connectivity index (χ0n) is 9.20. The number of carbonyl (C=O) groups is 1. The lowest BCUT2D eigenvalue weighted by Crippen LogP contribution is -2.06. The summed E-state index contributed by atoms with van der Waals surface area (Å²) in [5.41, 5.74) is 0.428. The highest BCUT2D eigenvalue weighted by molar-refractivity contribution is 9.10. The molecule has 0 heterocycles. The summed E-state index contributed by atoms with van der Waals surface area (Å²) in [6.07, 6.45) is 1.39. The Bertz CT molecular complexity index is 399. The quantitative estimate of drug-likeness (QED) is 0.484. The molecule has 0 N–H and O–H groups in total. The Labute approximate surface area is 103 Å². The van der Waals surface area contributed by atoms with Crippen molar-refractivity contribution in [3.05, 3.63) is 40.6 Å². The van der Waals surface area contributed by atoms with Crippen LogP contribution in [0.15, 0.2) is 40.6 Å². The lowest BCUT2D eigenvalue weighted by atomic mass is 10.3. The number of hydrogen-bond donors (Lipinski definition) is 0. The third-order valence-electron chi connectivity index (χ3n) is 1.80. The van der Waals surface area contributed by atoms with E-state index in [1.807, 2.05) is 18.2 Å². The molecule has 0 atom stereocenters. The Kier molecular flexibility index (Phi) is 5.05. The van der Waals surface area contributed by atoms with Gasteiger partial charge in [0.05, 0.1) is 16.7 Å². The average molecular weight is 285 g/mol. The highest BCUT2D eigenvalue weighted by atomic mass is 79.9. The normalized spacial score (nSPS) is 11.1. The van der Waals surface area contributed by atoms with Crippen LogP contribution >= 0.6 is 15.9 Å². The number of para-hydroxylation sites is 1. The van der Waals surface area contributed by atoms with E-state index in [4.69, 9.17) is 9.47 Å². The van der Waals surface area contributed by atoms with E-state index in [2.05, 4.69) is 15.9 Å². The van der Waals surface area contributed by atoms with Crippen LogP contribution < -0.4 is 4.74 Å². The second kappa shape index (κ2) is 6.33. The molecule has 1 aromatic carbocycles. The molecule has 0 fully saturated rings. The summed E-state index contributed by atoms with van der Waals surface area (Å²) in [5, 5.41) is 0. The SMILES string of the molecule is CCOC(=O)/C(C)=C/Oc1ccccc1Br. The van der Waals surface area contributed by atoms with Crippen molar-refractivity contribution >= 4 is 21.9 Å². The second-order valence-corrected chi connectivity index (χ2v) is 3.92. The maximum absolute atomic E-state index is 11.3. The van der Waals surface area contributed by atoms with Gasteiger partial charge in [-0.25, -0.2) is 4.79 Å². The highest BCUT2D eigenvalue weighted by Gasteiger charge is 2.05. The molecule has 0 saturated carbocycles. The first kappa shape index (κ1) is 12.8. The topological polar surface area (TPSA) is 35.5 Å². The van der Waals surface area contributed by atoms with E-state index < -0.39 is 0 Å². The van der Waals surface area contributed by atoms with Gasteiger partial charge in [0.25, 0.3) is 0 Å². The van der Waals surface area contributed by atoms with Crippen molar-refractivity contribution in [2.45, 2.75) is 13.8 Å². The Hall–Kier alpha value is -1.29. The fraction of sp³-hybridized carbons (Fsp3) is 0.250. The number of ether oxygens (including phenoxy) is 2. The van der Waals surface area contributed by atoms with E-state index in [0.717, 1.165) is 4.47 Å². The number of rotatable bonds is 4. The molecule has 4 heteroatoms. The van der Waals surface area contributed by atoms with E-state index in [1.165, 1.54) is 6.26 Å². The minimum absolute atomic E-state index is 0.360. The maximum atomic E-state index is 11.3. The Morgan fingerprint density at radius 3 is 2.75 bits per heavy atom. The Balaban J connectivity index is 2.66. The van der Waals surface area contributed by atoms with Gasteiger partial charge < -0.3 is 9.47 Å². The minimum atomic E-state index is -0.366. The van der Waals surface area contributed by atoms with Crippen molar-refractivity contribution in [2.24, 2.45) is 0 Å². The van der Waals surface area contributed by atoms with Crippen LogP contribution in [0, 0.1) is 0 Å². The van der Waals surface area contributed by atoms with Gasteiger partial charge in [-0.3, -0.25) is 0 Å². The first-order valence-electron chi connectivity index (χ1n) is 4.90. The zero-order chi connectivity index (χ0) is 12.0. The first-order chi connectivity index (χ1) is 7.65. The molecule has 0 bridgehead atoms. The second-order valence-electron chi connectivity index (χ2n) is 3.07. The van der Waals surface area contributed by atoms with Crippen LogP contribution in [0.4, 0.5) is 0 Å². The molecular weight excluding hydrogens is 272 g/mol. The molecule has 16 heavy (non-hydrogen) atoms. The van der Waals surface area contributed by atoms with Crippen molar-refractivity contribution < 1.29 is 14.3 Å². The number of hydrogen-bond acceptors (Lipinski definition) is 3. The minimum Gasteiger partial charge on any atom is -0.463 e. The van der Waals surface area contributed by atoms with Gasteiger partial charge in [-0.2, -0.15) is 0 Å². The monoisotopic (exact) mass is 284 g/mol. The Morgan fingerprint density at radius 1 is 1.44 bits per heavy atom. The molecule has 86 valence electrons. The number of benzene rings is 1. The van der Waals surface area contributed by atoms with E-state index in [9.17, 15) is 4.79 Å². The third kappa shape index (κ3) is 3.70. The predicted octanol–water partition coefficient (Wildman–Crippen LogP) is 3.29. The molecular formula is C12H13BrO3. The van der Waals surface area contributed by atoms with Gasteiger partial charge in [-0.1, -0.05) is 12.1 Å². The summed E-state index contributed by atoms with van der Waals surface area (Å²) in [6, 6.07) is 7.41. The number of carbonyl (C=O) groups excluding carboxylic acids is 1. The summed E-state index contributed by atoms with van der Waals surface area (Å²) in [6.45, 7) is 3.77. The summed E-state index contributed by atoms with van der Waals surface area (Å²) in [5.74, 6) is 0.292. The van der Waals surface area contributed by atoms with Crippen LogP contribution in [-0.4, -0.2) is 12.6 Å². The smallest absolute Gasteiger partial charge is 0.336 e. The lowest BCUT2D eigenvalue weighted by molar-refractivity contribution is -0.138. The fourth-order valence-electron chi connectivity index (χ4n) is 0.985. The number of halogens is 1. The van der Waals surface area contributed by atoms with Crippen molar-refractivity contribution in [3.63, 3.8) is 0 Å². The zero-order valence-corrected chi connectivity index (χ0v) is 10.8. The molecule has 3 nitrogen and oxygen atoms in total. The van der Waals surface area contributed by atoms with Crippen molar-refractivity contribution in [2.75, 3.05) is 6.61 Å². The standard InChI is InChI=1S/C12H13BrO3/c1-3-15-12(14)9(2)8-16-11-7-5-4-6-10(11)13/h4-8H,3H2,1-2H3/b9-8+. The lowest BCUT2D eigenvalue weighted by Gasteiger charge is -2.04. The summed E-state index contributed by atoms with van der Waals surface area (Å²) in [7, 11) is 0. The van der Waals surface area contributed by atoms with Crippen molar-refractivity contribution in [3.8, 4) is 5.75 Å². The molecule has 0 radical (unpaired) electrons. The molecule has 0 spiro atoms. The highest BCUT2D eigenvalue weighted by Crippen LogP contribution is 2.24. The van der Waals surface area contributed by atoms with Gasteiger partial charge >= 0.3 is 5.97 Å². The molecule has 0 aliphatic carbocycles. The summed E-state index contributed by atoms with van der Waals surface area (Å²) >= 11 is 3.34. The van der Waals surface area contributed by atoms with Gasteiger partial charge in [0.15, 0.2) is 0 Å². The van der Waals surface area contributed by atoms with E-state index in [-0.39, 0.29) is 5.97 Å². The van der Waals surface area contributed by atoms with Gasteiger partial charge in [-0.15, -0.1) is 0 Å². The van der Waals surface area contributed by atoms with Crippen LogP contribution in [0.5, 0.6) is 5.75 Å². The van der Waals surface area contributed by atoms with E-state index in [0.29, 0.717) is 17.9 Å². The van der Waals surface area contributed by atoms with E-state index >= 15 is 0 Å². The van der Waals surface area contributed by atoms with Crippen LogP contribution in [0.25, 0.3) is 0 Å². The maximum Gasteiger partial charge on any atom is 0.336 e. The summed E-state index contributed by atoms with van der Waals surface area (Å²) < 4.78 is 11.0. The molecule has 0 saturated heterocycles. The van der Waals surface area contributed by atoms with Crippen molar-refractivity contribution in [1.82, 2.24) is 0 Å². The number of esters is 1. The summed E-state index contributed by atoms with van der Waals surface area (Å²) in [4.78, 5) is 11.3. The average Bonchev–Trinajstić information content (AvgIpc) is 2.28. The van der Waals surface area contributed by atoms with Crippen LogP contribution in [0.3, 0.4) is 0 Å². The molecule has 0 amide bonds. The molecule has 1 aromatic rings. The predicted molar refractivity (Wildman–Crippen MR) is 65.2 cm³/mol. The van der Waals surface area contributed by atoms with Crippen LogP contribution in [-0.2, 0) is 9.53 Å². The molecule has 0 aliphatic heterocycles. The molecule has 0 aromatic heterocycles. The van der Waals surface area contributed by atoms with Gasteiger partial charge in [0.1, 0.15) is 12.0 Å². The first-order valence-corrected chi connectivity index (χ1v) is 5.69.